The van der Waals surface area contributed by atoms with Gasteiger partial charge in [0.05, 0.1) is 0 Å². The zero-order valence-electron chi connectivity index (χ0n) is 12.5. The van der Waals surface area contributed by atoms with E-state index in [2.05, 4.69) is 5.32 Å². The van der Waals surface area contributed by atoms with Crippen LogP contribution in [0.15, 0.2) is 54.6 Å². The Bertz CT molecular complexity index is 671. The molecule has 0 bridgehead atoms. The lowest BCUT2D eigenvalue weighted by Gasteiger charge is -2.17. The van der Waals surface area contributed by atoms with Gasteiger partial charge in [-0.1, -0.05) is 36.4 Å². The van der Waals surface area contributed by atoms with E-state index >= 15 is 0 Å². The SMILES string of the molecule is CC(=O)N(C)c1cccc(NC(=O)C(O)c2ccccc2)c1. The third kappa shape index (κ3) is 3.71. The second-order valence-corrected chi connectivity index (χ2v) is 4.93. The minimum Gasteiger partial charge on any atom is -0.378 e. The van der Waals surface area contributed by atoms with Crippen LogP contribution in [0.2, 0.25) is 0 Å². The smallest absolute Gasteiger partial charge is 0.257 e. The number of anilines is 2. The number of nitrogens with one attached hydrogen (secondary N) is 1. The number of carbonyl (C=O) groups is 2. The summed E-state index contributed by atoms with van der Waals surface area (Å²) in [6.45, 7) is 1.46. The van der Waals surface area contributed by atoms with E-state index in [4.69, 9.17) is 0 Å². The molecule has 0 aromatic heterocycles. The van der Waals surface area contributed by atoms with Gasteiger partial charge in [0.2, 0.25) is 5.91 Å². The van der Waals surface area contributed by atoms with Gasteiger partial charge in [-0.05, 0) is 23.8 Å². The average Bonchev–Trinajstić information content (AvgIpc) is 2.54. The van der Waals surface area contributed by atoms with Crippen LogP contribution < -0.4 is 10.2 Å². The summed E-state index contributed by atoms with van der Waals surface area (Å²) in [5, 5.41) is 12.7. The fourth-order valence-corrected chi connectivity index (χ4v) is 1.97. The third-order valence-corrected chi connectivity index (χ3v) is 3.34. The fraction of sp³-hybridized carbons (Fsp3) is 0.176. The van der Waals surface area contributed by atoms with Gasteiger partial charge in [0.25, 0.3) is 5.91 Å². The number of benzene rings is 2. The van der Waals surface area contributed by atoms with Gasteiger partial charge in [-0.15, -0.1) is 0 Å². The monoisotopic (exact) mass is 298 g/mol. The molecule has 2 N–H and O–H groups in total. The lowest BCUT2D eigenvalue weighted by atomic mass is 10.1. The number of aliphatic hydroxyl groups excluding tert-OH is 1. The van der Waals surface area contributed by atoms with Gasteiger partial charge in [-0.3, -0.25) is 9.59 Å². The Morgan fingerprint density at radius 3 is 2.41 bits per heavy atom. The van der Waals surface area contributed by atoms with E-state index in [1.54, 1.807) is 55.6 Å². The minimum absolute atomic E-state index is 0.104. The van der Waals surface area contributed by atoms with Crippen molar-refractivity contribution in [1.82, 2.24) is 0 Å². The van der Waals surface area contributed by atoms with Crippen LogP contribution in [0.1, 0.15) is 18.6 Å². The highest BCUT2D eigenvalue weighted by atomic mass is 16.3. The van der Waals surface area contributed by atoms with E-state index < -0.39 is 12.0 Å². The second kappa shape index (κ2) is 6.87. The molecule has 0 aliphatic carbocycles. The van der Waals surface area contributed by atoms with E-state index in [1.807, 2.05) is 6.07 Å². The number of nitrogens with zero attached hydrogens (tertiary/aromatic N) is 1. The average molecular weight is 298 g/mol. The molecule has 0 radical (unpaired) electrons. The Balaban J connectivity index is 2.12. The van der Waals surface area contributed by atoms with Crippen LogP contribution in [-0.4, -0.2) is 24.0 Å². The Hall–Kier alpha value is -2.66. The topological polar surface area (TPSA) is 69.6 Å². The van der Waals surface area contributed by atoms with Gasteiger partial charge in [0.15, 0.2) is 6.10 Å². The molecule has 0 aliphatic heterocycles. The van der Waals surface area contributed by atoms with Crippen LogP contribution in [0.3, 0.4) is 0 Å². The highest BCUT2D eigenvalue weighted by Crippen LogP contribution is 2.20. The summed E-state index contributed by atoms with van der Waals surface area (Å²) in [6, 6.07) is 15.6. The van der Waals surface area contributed by atoms with Gasteiger partial charge in [0.1, 0.15) is 0 Å². The molecule has 0 saturated heterocycles. The molecule has 0 spiro atoms. The Labute approximate surface area is 129 Å². The maximum Gasteiger partial charge on any atom is 0.257 e. The number of aliphatic hydroxyl groups is 1. The molecule has 0 saturated carbocycles. The second-order valence-electron chi connectivity index (χ2n) is 4.93. The Kier molecular flexibility index (Phi) is 4.91. The number of hydrogen-bond acceptors (Lipinski definition) is 3. The van der Waals surface area contributed by atoms with E-state index in [-0.39, 0.29) is 5.91 Å². The lowest BCUT2D eigenvalue weighted by molar-refractivity contribution is -0.124. The van der Waals surface area contributed by atoms with Crippen LogP contribution in [0.25, 0.3) is 0 Å². The van der Waals surface area contributed by atoms with Crippen LogP contribution >= 0.6 is 0 Å². The molecule has 114 valence electrons. The normalized spacial score (nSPS) is 11.6. The van der Waals surface area contributed by atoms with Crippen molar-refractivity contribution in [2.75, 3.05) is 17.3 Å². The molecule has 0 aliphatic rings. The van der Waals surface area contributed by atoms with Crippen molar-refractivity contribution >= 4 is 23.2 Å². The number of carbonyl (C=O) groups excluding carboxylic acids is 2. The maximum atomic E-state index is 12.1. The van der Waals surface area contributed by atoms with Crippen molar-refractivity contribution < 1.29 is 14.7 Å². The molecular formula is C17H18N2O3. The van der Waals surface area contributed by atoms with E-state index in [0.717, 1.165) is 0 Å². The summed E-state index contributed by atoms with van der Waals surface area (Å²) >= 11 is 0. The zero-order valence-corrected chi connectivity index (χ0v) is 12.5. The zero-order chi connectivity index (χ0) is 16.1. The van der Waals surface area contributed by atoms with Crippen LogP contribution in [0.5, 0.6) is 0 Å². The standard InChI is InChI=1S/C17H18N2O3/c1-12(20)19(2)15-10-6-9-14(11-15)18-17(22)16(21)13-7-4-3-5-8-13/h3-11,16,21H,1-2H3,(H,18,22). The molecular weight excluding hydrogens is 280 g/mol. The molecule has 0 fully saturated rings. The molecule has 1 unspecified atom stereocenters. The van der Waals surface area contributed by atoms with Crippen molar-refractivity contribution in [2.45, 2.75) is 13.0 Å². The highest BCUT2D eigenvalue weighted by molar-refractivity contribution is 5.96. The van der Waals surface area contributed by atoms with Gasteiger partial charge < -0.3 is 15.3 Å². The Morgan fingerprint density at radius 2 is 1.77 bits per heavy atom. The predicted molar refractivity (Wildman–Crippen MR) is 85.6 cm³/mol. The molecule has 2 aromatic carbocycles. The molecule has 5 nitrogen and oxygen atoms in total. The number of hydrogen-bond donors (Lipinski definition) is 2. The molecule has 2 rings (SSSR count). The van der Waals surface area contributed by atoms with Crippen molar-refractivity contribution in [2.24, 2.45) is 0 Å². The first-order valence-electron chi connectivity index (χ1n) is 6.87. The van der Waals surface area contributed by atoms with Crippen LogP contribution in [-0.2, 0) is 9.59 Å². The summed E-state index contributed by atoms with van der Waals surface area (Å²) in [5.74, 6) is -0.623. The lowest BCUT2D eigenvalue weighted by Crippen LogP contribution is -2.23. The molecule has 2 aromatic rings. The summed E-state index contributed by atoms with van der Waals surface area (Å²) < 4.78 is 0. The molecule has 2 amide bonds. The fourth-order valence-electron chi connectivity index (χ4n) is 1.97. The highest BCUT2D eigenvalue weighted by Gasteiger charge is 2.17. The van der Waals surface area contributed by atoms with E-state index in [1.165, 1.54) is 11.8 Å². The molecule has 1 atom stereocenters. The summed E-state index contributed by atoms with van der Waals surface area (Å²) in [4.78, 5) is 24.9. The molecule has 22 heavy (non-hydrogen) atoms. The first kappa shape index (κ1) is 15.7. The molecule has 5 heteroatoms. The van der Waals surface area contributed by atoms with Crippen LogP contribution in [0.4, 0.5) is 11.4 Å². The van der Waals surface area contributed by atoms with Gasteiger partial charge in [-0.2, -0.15) is 0 Å². The first-order valence-corrected chi connectivity index (χ1v) is 6.87. The summed E-state index contributed by atoms with van der Waals surface area (Å²) in [7, 11) is 1.65. The number of amides is 2. The minimum atomic E-state index is -1.24. The van der Waals surface area contributed by atoms with Crippen LogP contribution in [0, 0.1) is 0 Å². The van der Waals surface area contributed by atoms with Crippen molar-refractivity contribution in [3.8, 4) is 0 Å². The van der Waals surface area contributed by atoms with Gasteiger partial charge in [-0.25, -0.2) is 0 Å². The van der Waals surface area contributed by atoms with E-state index in [0.29, 0.717) is 16.9 Å². The van der Waals surface area contributed by atoms with Crippen molar-refractivity contribution in [1.29, 1.82) is 0 Å². The van der Waals surface area contributed by atoms with Crippen molar-refractivity contribution in [3.63, 3.8) is 0 Å². The maximum absolute atomic E-state index is 12.1. The molecule has 0 heterocycles. The van der Waals surface area contributed by atoms with E-state index in [9.17, 15) is 14.7 Å². The van der Waals surface area contributed by atoms with Gasteiger partial charge in [0, 0.05) is 25.3 Å². The first-order chi connectivity index (χ1) is 10.5. The predicted octanol–water partition coefficient (Wildman–Crippen LogP) is 2.34. The summed E-state index contributed by atoms with van der Waals surface area (Å²) in [6.07, 6.45) is -1.24. The van der Waals surface area contributed by atoms with Crippen molar-refractivity contribution in [3.05, 3.63) is 60.2 Å². The van der Waals surface area contributed by atoms with Gasteiger partial charge >= 0.3 is 0 Å². The largest absolute Gasteiger partial charge is 0.378 e. The quantitative estimate of drug-likeness (QED) is 0.910. The summed E-state index contributed by atoms with van der Waals surface area (Å²) in [5.41, 5.74) is 1.71. The third-order valence-electron chi connectivity index (χ3n) is 3.34. The number of rotatable bonds is 4. The Morgan fingerprint density at radius 1 is 1.09 bits per heavy atom.